The fourth-order valence-electron chi connectivity index (χ4n) is 12.4. The van der Waals surface area contributed by atoms with Crippen molar-refractivity contribution in [2.75, 3.05) is 55.3 Å². The molecule has 3 aromatic heterocycles. The van der Waals surface area contributed by atoms with Gasteiger partial charge in [0.15, 0.2) is 11.4 Å². The standard InChI is InChI=1S/C59H52F5N9O8/c1-6-36-41(61)10-9-31-16-35(65)18-37(47(31)36)48-43(63)19-38-51(49(48)64)68-56(80-27-58-11-8-12-71(58)25-34(60)22-58)69-52(38)72-14-13-70(23-28(72)3)53(74)29(4)30(5)81-57(77)67-45-17-32-15-33-24-73-46(50(33)66-44(32)21-42(45)62)20-40-39(54(73)75)26-79-55(76)59(40,78)7-2/h1,9-10,15-21,28,30,34,78H,4,7-8,11-14,22-27,65H2,2-3,5H3,(H,67,77)/t28-,30-,34+,58-,59-/m0/s1. The number of hydrogen-bond donors (Lipinski definition) is 3. The topological polar surface area (TPSA) is 208 Å². The average molecular weight is 1110 g/mol. The molecular weight excluding hydrogens is 1060 g/mol. The highest BCUT2D eigenvalue weighted by Crippen LogP contribution is 2.44. The molecule has 416 valence electrons. The second kappa shape index (κ2) is 19.5. The lowest BCUT2D eigenvalue weighted by Crippen LogP contribution is -2.54. The van der Waals surface area contributed by atoms with Crippen LogP contribution in [0.4, 0.5) is 43.9 Å². The van der Waals surface area contributed by atoms with Crippen molar-refractivity contribution in [3.63, 3.8) is 0 Å². The Morgan fingerprint density at radius 1 is 1.01 bits per heavy atom. The number of anilines is 3. The first kappa shape index (κ1) is 53.0. The number of alkyl halides is 1. The van der Waals surface area contributed by atoms with Gasteiger partial charge in [0.05, 0.1) is 56.9 Å². The molecule has 0 aliphatic carbocycles. The Morgan fingerprint density at radius 3 is 2.58 bits per heavy atom. The molecule has 0 spiro atoms. The average Bonchev–Trinajstić information content (AvgIpc) is 4.34. The van der Waals surface area contributed by atoms with E-state index < -0.39 is 81.8 Å². The molecule has 5 aliphatic rings. The predicted molar refractivity (Wildman–Crippen MR) is 290 cm³/mol. The van der Waals surface area contributed by atoms with Crippen LogP contribution in [0.15, 0.2) is 71.5 Å². The van der Waals surface area contributed by atoms with E-state index in [1.165, 1.54) is 40.7 Å². The first-order valence-electron chi connectivity index (χ1n) is 26.4. The molecule has 5 aliphatic heterocycles. The van der Waals surface area contributed by atoms with Gasteiger partial charge in [-0.05, 0) is 93.1 Å². The maximum Gasteiger partial charge on any atom is 0.412 e. The minimum absolute atomic E-state index is 0.00942. The first-order valence-corrected chi connectivity index (χ1v) is 26.4. The van der Waals surface area contributed by atoms with Crippen molar-refractivity contribution in [3.8, 4) is 40.9 Å². The van der Waals surface area contributed by atoms with Crippen LogP contribution in [0.1, 0.15) is 68.7 Å². The summed E-state index contributed by atoms with van der Waals surface area (Å²) in [7, 11) is 0. The number of ether oxygens (including phenoxy) is 3. The fraction of sp³-hybridized carbons (Fsp3) is 0.339. The minimum Gasteiger partial charge on any atom is -0.461 e. The van der Waals surface area contributed by atoms with Gasteiger partial charge in [-0.1, -0.05) is 25.5 Å². The van der Waals surface area contributed by atoms with Gasteiger partial charge in [-0.25, -0.2) is 36.5 Å². The Bertz CT molecular complexity index is 4040. The SMILES string of the molecule is C#Cc1c(F)ccc2cc(N)cc(-c3c(F)cc4c(N5CCN(C(=O)C(=C)[C@H](C)OC(=O)Nc6cc7cc8c(nc7cc6F)-c6cc7c(c(=O)n6C8)COC(=O)[C@]7(O)CC)C[C@@H]5C)nc(OC[C@@]56CCCN5C[C@H](F)C6)nc4c3F)c12. The number of aliphatic hydroxyl groups is 1. The molecule has 3 fully saturated rings. The van der Waals surface area contributed by atoms with Gasteiger partial charge in [0.25, 0.3) is 11.5 Å². The van der Waals surface area contributed by atoms with Crippen LogP contribution < -0.4 is 26.2 Å². The fourth-order valence-corrected chi connectivity index (χ4v) is 12.4. The largest absolute Gasteiger partial charge is 0.461 e. The third-order valence-electron chi connectivity index (χ3n) is 16.6. The Labute approximate surface area is 459 Å². The van der Waals surface area contributed by atoms with Gasteiger partial charge >= 0.3 is 18.1 Å². The maximum absolute atomic E-state index is 17.4. The van der Waals surface area contributed by atoms with E-state index in [-0.39, 0.29) is 132 Å². The minimum atomic E-state index is -2.03. The van der Waals surface area contributed by atoms with Crippen LogP contribution >= 0.6 is 0 Å². The number of nitrogens with one attached hydrogen (secondary N) is 1. The van der Waals surface area contributed by atoms with Gasteiger partial charge in [-0.3, -0.25) is 19.8 Å². The van der Waals surface area contributed by atoms with E-state index >= 15 is 17.6 Å². The predicted octanol–water partition coefficient (Wildman–Crippen LogP) is 8.15. The number of nitrogens with zero attached hydrogens (tertiary/aromatic N) is 7. The molecule has 17 nitrogen and oxygen atoms in total. The number of hydrogen-bond acceptors (Lipinski definition) is 14. The number of nitrogen functional groups attached to an aromatic ring is 1. The maximum atomic E-state index is 17.4. The van der Waals surface area contributed by atoms with E-state index in [2.05, 4.69) is 27.8 Å². The molecule has 7 aromatic rings. The third-order valence-corrected chi connectivity index (χ3v) is 16.6. The van der Waals surface area contributed by atoms with Gasteiger partial charge in [0.2, 0.25) is 0 Å². The highest BCUT2D eigenvalue weighted by Gasteiger charge is 2.50. The molecule has 22 heteroatoms. The second-order valence-electron chi connectivity index (χ2n) is 21.5. The lowest BCUT2D eigenvalue weighted by Gasteiger charge is -2.41. The summed E-state index contributed by atoms with van der Waals surface area (Å²) in [5.41, 5.74) is 3.38. The summed E-state index contributed by atoms with van der Waals surface area (Å²) in [6, 6.07) is 11.3. The molecule has 8 heterocycles. The number of cyclic esters (lactones) is 1. The monoisotopic (exact) mass is 1110 g/mol. The molecule has 0 bridgehead atoms. The highest BCUT2D eigenvalue weighted by atomic mass is 19.1. The van der Waals surface area contributed by atoms with Crippen LogP contribution in [0.25, 0.3) is 55.1 Å². The number of benzene rings is 4. The number of amides is 2. The van der Waals surface area contributed by atoms with Crippen molar-refractivity contribution in [1.29, 1.82) is 0 Å². The van der Waals surface area contributed by atoms with Crippen LogP contribution in [0.5, 0.6) is 6.01 Å². The number of carbonyl (C=O) groups is 3. The first-order chi connectivity index (χ1) is 38.7. The molecule has 81 heavy (non-hydrogen) atoms. The smallest absolute Gasteiger partial charge is 0.412 e. The van der Waals surface area contributed by atoms with Crippen LogP contribution in [0.2, 0.25) is 0 Å². The molecule has 4 N–H and O–H groups in total. The van der Waals surface area contributed by atoms with Crippen LogP contribution in [-0.2, 0) is 37.8 Å². The summed E-state index contributed by atoms with van der Waals surface area (Å²) in [5.74, 6) is -2.88. The molecule has 4 aromatic carbocycles. The summed E-state index contributed by atoms with van der Waals surface area (Å²) in [5, 5.41) is 14.4. The number of nitrogens with two attached hydrogens (primary N) is 1. The van der Waals surface area contributed by atoms with Crippen LogP contribution in [0, 0.1) is 35.6 Å². The number of carbonyl (C=O) groups excluding carboxylic acids is 3. The molecule has 0 radical (unpaired) electrons. The molecule has 3 saturated heterocycles. The van der Waals surface area contributed by atoms with Crippen molar-refractivity contribution in [2.24, 2.45) is 0 Å². The Morgan fingerprint density at radius 2 is 1.81 bits per heavy atom. The number of rotatable bonds is 10. The van der Waals surface area contributed by atoms with Crippen molar-refractivity contribution in [2.45, 2.75) is 89.1 Å². The van der Waals surface area contributed by atoms with Crippen LogP contribution in [-0.4, -0.2) is 116 Å². The number of fused-ring (bicyclic) bond motifs is 8. The van der Waals surface area contributed by atoms with Gasteiger partial charge in [-0.15, -0.1) is 6.42 Å². The van der Waals surface area contributed by atoms with Gasteiger partial charge < -0.3 is 39.4 Å². The van der Waals surface area contributed by atoms with Crippen LogP contribution in [0.3, 0.4) is 0 Å². The van der Waals surface area contributed by atoms with E-state index in [4.69, 9.17) is 31.4 Å². The number of piperazine rings is 1. The molecule has 0 unspecified atom stereocenters. The molecule has 5 atom stereocenters. The van der Waals surface area contributed by atoms with E-state index in [0.717, 1.165) is 24.6 Å². The lowest BCUT2D eigenvalue weighted by molar-refractivity contribution is -0.172. The summed E-state index contributed by atoms with van der Waals surface area (Å²) in [4.78, 5) is 72.8. The second-order valence-corrected chi connectivity index (χ2v) is 21.5. The quantitative estimate of drug-likeness (QED) is 0.0389. The molecule has 0 saturated carbocycles. The zero-order chi connectivity index (χ0) is 57.1. The van der Waals surface area contributed by atoms with Crippen molar-refractivity contribution in [1.82, 2.24) is 29.3 Å². The van der Waals surface area contributed by atoms with Crippen molar-refractivity contribution in [3.05, 3.63) is 123 Å². The zero-order valence-electron chi connectivity index (χ0n) is 44.1. The highest BCUT2D eigenvalue weighted by molar-refractivity contribution is 6.05. The Balaban J connectivity index is 0.772. The van der Waals surface area contributed by atoms with E-state index in [1.54, 1.807) is 30.9 Å². The lowest BCUT2D eigenvalue weighted by atomic mass is 9.86. The molecule has 2 amide bonds. The zero-order valence-corrected chi connectivity index (χ0v) is 44.1. The van der Waals surface area contributed by atoms with E-state index in [1.807, 2.05) is 4.90 Å². The number of esters is 1. The van der Waals surface area contributed by atoms with E-state index in [9.17, 15) is 28.7 Å². The molecular formula is C59H52F5N9O8. The molecule has 12 rings (SSSR count). The Hall–Kier alpha value is -8.68. The summed E-state index contributed by atoms with van der Waals surface area (Å²) >= 11 is 0. The summed E-state index contributed by atoms with van der Waals surface area (Å²) in [6.07, 6.45) is 4.02. The summed E-state index contributed by atoms with van der Waals surface area (Å²) < 4.78 is 98.4. The van der Waals surface area contributed by atoms with Gasteiger partial charge in [0.1, 0.15) is 54.3 Å². The normalized spacial score (nSPS) is 21.6. The van der Waals surface area contributed by atoms with Crippen molar-refractivity contribution < 1.29 is 55.7 Å². The number of pyridine rings is 2. The van der Waals surface area contributed by atoms with Gasteiger partial charge in [-0.2, -0.15) is 9.97 Å². The van der Waals surface area contributed by atoms with Crippen molar-refractivity contribution >= 4 is 67.7 Å². The number of terminal acetylenes is 1. The van der Waals surface area contributed by atoms with E-state index in [0.29, 0.717) is 40.7 Å². The third kappa shape index (κ3) is 8.63. The summed E-state index contributed by atoms with van der Waals surface area (Å²) in [6.45, 7) is 9.57. The Kier molecular flexibility index (Phi) is 12.8. The number of halogens is 5. The van der Waals surface area contributed by atoms with Gasteiger partial charge in [0, 0.05) is 77.7 Å². The number of aromatic nitrogens is 4.